The Morgan fingerprint density at radius 1 is 0.833 bits per heavy atom. The first-order valence-corrected chi connectivity index (χ1v) is 11.9. The zero-order valence-corrected chi connectivity index (χ0v) is 18.0. The predicted molar refractivity (Wildman–Crippen MR) is 107 cm³/mol. The number of hydrogen-bond acceptors (Lipinski definition) is 5. The lowest BCUT2D eigenvalue weighted by atomic mass is 9.54. The Hall–Kier alpha value is -1.59. The van der Waals surface area contributed by atoms with Gasteiger partial charge in [-0.05, 0) is 86.4 Å². The molecule has 30 heavy (non-hydrogen) atoms. The zero-order valence-electron chi connectivity index (χ0n) is 18.0. The highest BCUT2D eigenvalue weighted by Gasteiger charge is 2.62. The smallest absolute Gasteiger partial charge is 0.310 e. The molecule has 166 valence electrons. The number of fused-ring (bicyclic) bond motifs is 2. The average Bonchev–Trinajstić information content (AvgIpc) is 3.17. The molecule has 0 spiro atoms. The number of carboxylic acid groups (broad SMARTS) is 1. The first kappa shape index (κ1) is 20.3. The van der Waals surface area contributed by atoms with Crippen molar-refractivity contribution in [3.8, 4) is 0 Å². The first-order valence-electron chi connectivity index (χ1n) is 11.9. The van der Waals surface area contributed by atoms with Crippen molar-refractivity contribution in [2.75, 3.05) is 6.61 Å². The third kappa shape index (κ3) is 3.25. The second kappa shape index (κ2) is 7.23. The molecule has 0 amide bonds. The Morgan fingerprint density at radius 2 is 1.33 bits per heavy atom. The highest BCUT2D eigenvalue weighted by molar-refractivity contribution is 5.84. The number of esters is 2. The Bertz CT molecular complexity index is 709. The van der Waals surface area contributed by atoms with Gasteiger partial charge in [0.25, 0.3) is 0 Å². The van der Waals surface area contributed by atoms with Gasteiger partial charge in [-0.2, -0.15) is 0 Å². The SMILES string of the molecule is CC1C(C)C2CC1C(C(=O)OCCC(=O)O)C2C(=O)OC12CC3CC(CC(C3)C1)C2. The molecule has 6 aliphatic carbocycles. The molecule has 6 fully saturated rings. The summed E-state index contributed by atoms with van der Waals surface area (Å²) in [5, 5.41) is 8.84. The van der Waals surface area contributed by atoms with E-state index >= 15 is 0 Å². The van der Waals surface area contributed by atoms with Crippen LogP contribution in [0.15, 0.2) is 0 Å². The lowest BCUT2D eigenvalue weighted by Gasteiger charge is -2.56. The van der Waals surface area contributed by atoms with Crippen LogP contribution in [0.3, 0.4) is 0 Å². The van der Waals surface area contributed by atoms with Gasteiger partial charge in [0, 0.05) is 0 Å². The molecule has 6 nitrogen and oxygen atoms in total. The summed E-state index contributed by atoms with van der Waals surface area (Å²) in [6.45, 7) is 4.21. The van der Waals surface area contributed by atoms with Gasteiger partial charge in [0.2, 0.25) is 0 Å². The lowest BCUT2D eigenvalue weighted by Crippen LogP contribution is -2.54. The standard InChI is InChI=1S/C24H34O6/c1-12-13(2)18-8-17(12)20(22(27)29-4-3-19(25)26)21(18)23(28)30-24-9-14-5-15(10-24)7-16(6-14)11-24/h12-18,20-21H,3-11H2,1-2H3,(H,25,26). The van der Waals surface area contributed by atoms with Crippen LogP contribution in [0.2, 0.25) is 0 Å². The highest BCUT2D eigenvalue weighted by atomic mass is 16.6. The summed E-state index contributed by atoms with van der Waals surface area (Å²) in [6.07, 6.45) is 7.50. The van der Waals surface area contributed by atoms with Gasteiger partial charge >= 0.3 is 17.9 Å². The lowest BCUT2D eigenvalue weighted by molar-refractivity contribution is -0.197. The normalized spacial score (nSPS) is 48.0. The van der Waals surface area contributed by atoms with Crippen molar-refractivity contribution in [3.63, 3.8) is 0 Å². The van der Waals surface area contributed by atoms with E-state index in [1.54, 1.807) is 0 Å². The second-order valence-electron chi connectivity index (χ2n) is 11.2. The molecule has 6 rings (SSSR count). The van der Waals surface area contributed by atoms with Crippen molar-refractivity contribution < 1.29 is 29.0 Å². The van der Waals surface area contributed by atoms with Gasteiger partial charge < -0.3 is 14.6 Å². The Kier molecular flexibility index (Phi) is 4.90. The Morgan fingerprint density at radius 3 is 1.83 bits per heavy atom. The van der Waals surface area contributed by atoms with Crippen molar-refractivity contribution in [3.05, 3.63) is 0 Å². The summed E-state index contributed by atoms with van der Waals surface area (Å²) in [6, 6.07) is 0. The molecule has 6 heteroatoms. The molecule has 0 saturated heterocycles. The van der Waals surface area contributed by atoms with E-state index < -0.39 is 23.8 Å². The van der Waals surface area contributed by atoms with Crippen LogP contribution in [-0.4, -0.2) is 35.2 Å². The number of hydrogen-bond donors (Lipinski definition) is 1. The summed E-state index contributed by atoms with van der Waals surface area (Å²) in [5.74, 6) is 0.582. The predicted octanol–water partition coefficient (Wildman–Crippen LogP) is 3.67. The first-order chi connectivity index (χ1) is 14.3. The van der Waals surface area contributed by atoms with E-state index in [4.69, 9.17) is 14.6 Å². The van der Waals surface area contributed by atoms with Crippen molar-refractivity contribution >= 4 is 17.9 Å². The quantitative estimate of drug-likeness (QED) is 0.662. The molecular weight excluding hydrogens is 384 g/mol. The van der Waals surface area contributed by atoms with Crippen molar-refractivity contribution in [2.45, 2.75) is 70.8 Å². The molecule has 1 N–H and O–H groups in total. The van der Waals surface area contributed by atoms with Crippen LogP contribution >= 0.6 is 0 Å². The van der Waals surface area contributed by atoms with E-state index in [0.29, 0.717) is 29.6 Å². The Labute approximate surface area is 178 Å². The van der Waals surface area contributed by atoms with E-state index in [1.807, 2.05) is 0 Å². The monoisotopic (exact) mass is 418 g/mol. The fraction of sp³-hybridized carbons (Fsp3) is 0.875. The van der Waals surface area contributed by atoms with Crippen molar-refractivity contribution in [2.24, 2.45) is 53.3 Å². The van der Waals surface area contributed by atoms with Crippen molar-refractivity contribution in [1.29, 1.82) is 0 Å². The molecule has 6 aliphatic rings. The third-order valence-electron chi connectivity index (χ3n) is 9.44. The van der Waals surface area contributed by atoms with Crippen LogP contribution in [0.1, 0.15) is 65.2 Å². The summed E-state index contributed by atoms with van der Waals surface area (Å²) in [4.78, 5) is 37.3. The number of carboxylic acids is 1. The Balaban J connectivity index is 1.32. The number of carbonyl (C=O) groups is 3. The molecule has 0 aliphatic heterocycles. The molecule has 6 bridgehead atoms. The summed E-state index contributed by atoms with van der Waals surface area (Å²) < 4.78 is 11.7. The average molecular weight is 419 g/mol. The molecule has 0 heterocycles. The van der Waals surface area contributed by atoms with Crippen LogP contribution in [0.25, 0.3) is 0 Å². The van der Waals surface area contributed by atoms with Gasteiger partial charge in [-0.15, -0.1) is 0 Å². The minimum absolute atomic E-state index is 0.122. The molecule has 0 radical (unpaired) electrons. The molecule has 6 atom stereocenters. The van der Waals surface area contributed by atoms with Gasteiger partial charge in [0.05, 0.1) is 18.3 Å². The van der Waals surface area contributed by atoms with Gasteiger partial charge in [-0.25, -0.2) is 0 Å². The van der Waals surface area contributed by atoms with E-state index in [2.05, 4.69) is 13.8 Å². The van der Waals surface area contributed by atoms with Crippen LogP contribution in [-0.2, 0) is 23.9 Å². The van der Waals surface area contributed by atoms with E-state index in [0.717, 1.165) is 25.7 Å². The van der Waals surface area contributed by atoms with Crippen LogP contribution < -0.4 is 0 Å². The fourth-order valence-electron chi connectivity index (χ4n) is 8.42. The highest BCUT2D eigenvalue weighted by Crippen LogP contribution is 2.61. The van der Waals surface area contributed by atoms with Gasteiger partial charge in [-0.1, -0.05) is 13.8 Å². The summed E-state index contributed by atoms with van der Waals surface area (Å²) in [7, 11) is 0. The molecule has 0 aromatic carbocycles. The zero-order chi connectivity index (χ0) is 21.2. The topological polar surface area (TPSA) is 89.9 Å². The summed E-state index contributed by atoms with van der Waals surface area (Å²) >= 11 is 0. The van der Waals surface area contributed by atoms with Gasteiger partial charge in [0.15, 0.2) is 0 Å². The molecule has 0 aromatic rings. The maximum Gasteiger partial charge on any atom is 0.310 e. The maximum atomic E-state index is 13.5. The third-order valence-corrected chi connectivity index (χ3v) is 9.44. The fourth-order valence-corrected chi connectivity index (χ4v) is 8.42. The van der Waals surface area contributed by atoms with E-state index in [1.165, 1.54) is 19.3 Å². The van der Waals surface area contributed by atoms with E-state index in [-0.39, 0.29) is 36.4 Å². The largest absolute Gasteiger partial charge is 0.481 e. The minimum atomic E-state index is -0.990. The molecule has 6 unspecified atom stereocenters. The van der Waals surface area contributed by atoms with Crippen LogP contribution in [0, 0.1) is 53.3 Å². The van der Waals surface area contributed by atoms with Crippen molar-refractivity contribution in [1.82, 2.24) is 0 Å². The second-order valence-corrected chi connectivity index (χ2v) is 11.2. The summed E-state index contributed by atoms with van der Waals surface area (Å²) in [5.41, 5.74) is -0.305. The number of rotatable bonds is 6. The number of carbonyl (C=O) groups excluding carboxylic acids is 2. The van der Waals surface area contributed by atoms with Crippen LogP contribution in [0.4, 0.5) is 0 Å². The van der Waals surface area contributed by atoms with Gasteiger partial charge in [0.1, 0.15) is 12.2 Å². The van der Waals surface area contributed by atoms with E-state index in [9.17, 15) is 14.4 Å². The van der Waals surface area contributed by atoms with Gasteiger partial charge in [-0.3, -0.25) is 14.4 Å². The maximum absolute atomic E-state index is 13.5. The molecule has 6 saturated carbocycles. The molecule has 0 aromatic heterocycles. The number of aliphatic carboxylic acids is 1. The number of ether oxygens (including phenoxy) is 2. The van der Waals surface area contributed by atoms with Crippen LogP contribution in [0.5, 0.6) is 0 Å². The minimum Gasteiger partial charge on any atom is -0.481 e. The molecular formula is C24H34O6.